The molecule has 2 N–H and O–H groups in total. The number of rotatable bonds is 6. The fourth-order valence-electron chi connectivity index (χ4n) is 3.82. The van der Waals surface area contributed by atoms with E-state index in [0.717, 1.165) is 38.1 Å². The van der Waals surface area contributed by atoms with Gasteiger partial charge in [-0.2, -0.15) is 0 Å². The number of piperidine rings is 1. The predicted molar refractivity (Wildman–Crippen MR) is 86.9 cm³/mol. The van der Waals surface area contributed by atoms with E-state index in [1.807, 2.05) is 6.07 Å². The molecule has 1 aromatic rings. The molecule has 2 fully saturated rings. The largest absolute Gasteiger partial charge is 0.467 e. The van der Waals surface area contributed by atoms with Crippen LogP contribution in [0.15, 0.2) is 22.8 Å². The Labute approximate surface area is 141 Å². The highest BCUT2D eigenvalue weighted by Gasteiger charge is 2.48. The van der Waals surface area contributed by atoms with Gasteiger partial charge in [0.25, 0.3) is 0 Å². The summed E-state index contributed by atoms with van der Waals surface area (Å²) in [7, 11) is 0. The molecular formula is C17H25N3O4. The molecule has 0 bridgehead atoms. The highest BCUT2D eigenvalue weighted by molar-refractivity contribution is 5.84. The van der Waals surface area contributed by atoms with Crippen molar-refractivity contribution in [3.8, 4) is 0 Å². The molecule has 0 unspecified atom stereocenters. The summed E-state index contributed by atoms with van der Waals surface area (Å²) in [5.74, 6) is 0.809. The molecule has 0 aliphatic carbocycles. The highest BCUT2D eigenvalue weighted by atomic mass is 16.3. The standard InChI is InChI=1S/C17H25N3O4/c21-9-8-20-6-2-4-17(16(20)23)5-7-19(13-17)12-15(22)18-11-14-3-1-10-24-14/h1,3,10,21H,2,4-9,11-13H2,(H,18,22)/t17-/m1/s1. The fourth-order valence-corrected chi connectivity index (χ4v) is 3.82. The second-order valence-electron chi connectivity index (χ2n) is 6.72. The van der Waals surface area contributed by atoms with Crippen molar-refractivity contribution in [2.24, 2.45) is 5.41 Å². The van der Waals surface area contributed by atoms with Crippen LogP contribution in [0.2, 0.25) is 0 Å². The van der Waals surface area contributed by atoms with Gasteiger partial charge in [0, 0.05) is 19.6 Å². The van der Waals surface area contributed by atoms with Crippen molar-refractivity contribution in [1.29, 1.82) is 0 Å². The normalized spacial score (nSPS) is 24.7. The zero-order valence-corrected chi connectivity index (χ0v) is 13.9. The zero-order valence-electron chi connectivity index (χ0n) is 13.9. The minimum Gasteiger partial charge on any atom is -0.467 e. The lowest BCUT2D eigenvalue weighted by molar-refractivity contribution is -0.146. The lowest BCUT2D eigenvalue weighted by Gasteiger charge is -2.39. The number of amides is 2. The first-order valence-corrected chi connectivity index (χ1v) is 8.55. The Morgan fingerprint density at radius 2 is 2.25 bits per heavy atom. The third-order valence-electron chi connectivity index (χ3n) is 5.03. The minimum atomic E-state index is -0.366. The summed E-state index contributed by atoms with van der Waals surface area (Å²) in [6.45, 7) is 3.20. The van der Waals surface area contributed by atoms with Gasteiger partial charge >= 0.3 is 0 Å². The van der Waals surface area contributed by atoms with Crippen molar-refractivity contribution in [1.82, 2.24) is 15.1 Å². The van der Waals surface area contributed by atoms with E-state index < -0.39 is 0 Å². The van der Waals surface area contributed by atoms with Crippen LogP contribution >= 0.6 is 0 Å². The smallest absolute Gasteiger partial charge is 0.234 e. The summed E-state index contributed by atoms with van der Waals surface area (Å²) in [6.07, 6.45) is 4.21. The number of nitrogens with one attached hydrogen (secondary N) is 1. The van der Waals surface area contributed by atoms with Crippen molar-refractivity contribution in [2.75, 3.05) is 39.3 Å². The van der Waals surface area contributed by atoms with Crippen LogP contribution < -0.4 is 5.32 Å². The lowest BCUT2D eigenvalue weighted by Crippen LogP contribution is -2.51. The fraction of sp³-hybridized carbons (Fsp3) is 0.647. The van der Waals surface area contributed by atoms with E-state index in [1.165, 1.54) is 0 Å². The maximum Gasteiger partial charge on any atom is 0.234 e. The molecule has 2 saturated heterocycles. The van der Waals surface area contributed by atoms with Crippen molar-refractivity contribution >= 4 is 11.8 Å². The van der Waals surface area contributed by atoms with Crippen LogP contribution in [0.5, 0.6) is 0 Å². The van der Waals surface area contributed by atoms with E-state index in [0.29, 0.717) is 26.2 Å². The van der Waals surface area contributed by atoms with Gasteiger partial charge in [-0.3, -0.25) is 14.5 Å². The van der Waals surface area contributed by atoms with Gasteiger partial charge in [0.1, 0.15) is 5.76 Å². The monoisotopic (exact) mass is 335 g/mol. The first-order chi connectivity index (χ1) is 11.6. The number of hydrogen-bond donors (Lipinski definition) is 2. The second-order valence-corrected chi connectivity index (χ2v) is 6.72. The maximum atomic E-state index is 12.7. The van der Waals surface area contributed by atoms with Crippen molar-refractivity contribution in [3.63, 3.8) is 0 Å². The molecule has 2 amide bonds. The van der Waals surface area contributed by atoms with Crippen LogP contribution in [0.3, 0.4) is 0 Å². The Morgan fingerprint density at radius 1 is 1.38 bits per heavy atom. The Hall–Kier alpha value is -1.86. The van der Waals surface area contributed by atoms with E-state index in [2.05, 4.69) is 10.2 Å². The predicted octanol–water partition coefficient (Wildman–Crippen LogP) is 0.203. The SMILES string of the molecule is O=C(CN1CC[C@]2(CCCN(CCO)C2=O)C1)NCc1ccco1. The summed E-state index contributed by atoms with van der Waals surface area (Å²) in [5.41, 5.74) is -0.366. The quantitative estimate of drug-likeness (QED) is 0.776. The van der Waals surface area contributed by atoms with Gasteiger partial charge in [-0.25, -0.2) is 0 Å². The molecule has 7 nitrogen and oxygen atoms in total. The molecule has 3 rings (SSSR count). The van der Waals surface area contributed by atoms with Gasteiger partial charge in [0.15, 0.2) is 0 Å². The van der Waals surface area contributed by atoms with Gasteiger partial charge in [-0.1, -0.05) is 0 Å². The van der Waals surface area contributed by atoms with Gasteiger partial charge < -0.3 is 19.7 Å². The summed E-state index contributed by atoms with van der Waals surface area (Å²) < 4.78 is 5.19. The number of hydrogen-bond acceptors (Lipinski definition) is 5. The summed E-state index contributed by atoms with van der Waals surface area (Å²) >= 11 is 0. The van der Waals surface area contributed by atoms with E-state index in [-0.39, 0.29) is 23.8 Å². The summed E-state index contributed by atoms with van der Waals surface area (Å²) in [6, 6.07) is 3.61. The molecule has 7 heteroatoms. The number of likely N-dealkylation sites (tertiary alicyclic amines) is 2. The third-order valence-corrected chi connectivity index (χ3v) is 5.03. The van der Waals surface area contributed by atoms with Crippen LogP contribution in [0.1, 0.15) is 25.0 Å². The van der Waals surface area contributed by atoms with Crippen molar-refractivity contribution < 1.29 is 19.1 Å². The number of aliphatic hydroxyl groups excluding tert-OH is 1. The number of aliphatic hydroxyl groups is 1. The van der Waals surface area contributed by atoms with Gasteiger partial charge in [0.2, 0.25) is 11.8 Å². The number of carbonyl (C=O) groups excluding carboxylic acids is 2. The van der Waals surface area contributed by atoms with Gasteiger partial charge in [-0.05, 0) is 37.9 Å². The molecule has 1 atom stereocenters. The Kier molecular flexibility index (Phi) is 5.20. The molecule has 2 aliphatic rings. The average molecular weight is 335 g/mol. The summed E-state index contributed by atoms with van der Waals surface area (Å²) in [4.78, 5) is 28.6. The Bertz CT molecular complexity index is 572. The molecule has 1 aromatic heterocycles. The van der Waals surface area contributed by atoms with E-state index >= 15 is 0 Å². The molecule has 1 spiro atoms. The number of carbonyl (C=O) groups is 2. The Balaban J connectivity index is 1.51. The molecule has 0 saturated carbocycles. The van der Waals surface area contributed by atoms with Crippen LogP contribution in [-0.4, -0.2) is 66.1 Å². The number of furan rings is 1. The third kappa shape index (κ3) is 3.62. The summed E-state index contributed by atoms with van der Waals surface area (Å²) in [5, 5.41) is 12.0. The topological polar surface area (TPSA) is 86.0 Å². The molecule has 132 valence electrons. The zero-order chi connectivity index (χ0) is 17.0. The van der Waals surface area contributed by atoms with Gasteiger partial charge in [0.05, 0.1) is 31.4 Å². The number of nitrogens with zero attached hydrogens (tertiary/aromatic N) is 2. The van der Waals surface area contributed by atoms with Crippen molar-refractivity contribution in [3.05, 3.63) is 24.2 Å². The molecule has 24 heavy (non-hydrogen) atoms. The number of β-amino-alcohol motifs (C(OH)–C–C–N with tert-alkyl or cyclic N) is 1. The Morgan fingerprint density at radius 3 is 3.00 bits per heavy atom. The van der Waals surface area contributed by atoms with Gasteiger partial charge in [-0.15, -0.1) is 0 Å². The molecule has 0 aromatic carbocycles. The van der Waals surface area contributed by atoms with Crippen LogP contribution in [0.25, 0.3) is 0 Å². The van der Waals surface area contributed by atoms with E-state index in [4.69, 9.17) is 9.52 Å². The molecule has 3 heterocycles. The molecule has 2 aliphatic heterocycles. The first kappa shape index (κ1) is 17.0. The van der Waals surface area contributed by atoms with Crippen molar-refractivity contribution in [2.45, 2.75) is 25.8 Å². The van der Waals surface area contributed by atoms with Crippen LogP contribution in [-0.2, 0) is 16.1 Å². The van der Waals surface area contributed by atoms with E-state index in [1.54, 1.807) is 17.2 Å². The highest BCUT2D eigenvalue weighted by Crippen LogP contribution is 2.39. The first-order valence-electron chi connectivity index (χ1n) is 8.55. The minimum absolute atomic E-state index is 0.000714. The molecule has 0 radical (unpaired) electrons. The van der Waals surface area contributed by atoms with Crippen LogP contribution in [0, 0.1) is 5.41 Å². The second kappa shape index (κ2) is 7.36. The van der Waals surface area contributed by atoms with E-state index in [9.17, 15) is 9.59 Å². The maximum absolute atomic E-state index is 12.7. The van der Waals surface area contributed by atoms with Crippen LogP contribution in [0.4, 0.5) is 0 Å². The lowest BCUT2D eigenvalue weighted by atomic mass is 9.78. The average Bonchev–Trinajstić information content (AvgIpc) is 3.21. The molecular weight excluding hydrogens is 310 g/mol.